The normalized spacial score (nSPS) is 14.0. The number of aromatic nitrogens is 1. The molecular formula is C15H18F3NOS. The van der Waals surface area contributed by atoms with Crippen LogP contribution in [0.3, 0.4) is 0 Å². The minimum Gasteiger partial charge on any atom is -0.298 e. The minimum absolute atomic E-state index is 0.208. The van der Waals surface area contributed by atoms with Gasteiger partial charge in [-0.2, -0.15) is 13.2 Å². The van der Waals surface area contributed by atoms with Crippen molar-refractivity contribution in [3.8, 4) is 0 Å². The van der Waals surface area contributed by atoms with Crippen LogP contribution in [0, 0.1) is 5.92 Å². The molecule has 1 atom stereocenters. The number of nitrogens with zero attached hydrogens (tertiary/aromatic N) is 1. The van der Waals surface area contributed by atoms with Crippen LogP contribution in [0.2, 0.25) is 0 Å². The largest absolute Gasteiger partial charge is 0.417 e. The van der Waals surface area contributed by atoms with E-state index in [1.54, 1.807) is 0 Å². The summed E-state index contributed by atoms with van der Waals surface area (Å²) in [6.07, 6.45) is 0.828. The van der Waals surface area contributed by atoms with Gasteiger partial charge in [0, 0.05) is 11.9 Å². The zero-order valence-corrected chi connectivity index (χ0v) is 12.8. The van der Waals surface area contributed by atoms with Gasteiger partial charge in [-0.25, -0.2) is 4.98 Å². The van der Waals surface area contributed by atoms with Gasteiger partial charge in [0.1, 0.15) is 6.29 Å². The molecule has 116 valence electrons. The fraction of sp³-hybridized carbons (Fsp3) is 0.467. The van der Waals surface area contributed by atoms with Crippen molar-refractivity contribution >= 4 is 18.0 Å². The van der Waals surface area contributed by atoms with Crippen LogP contribution in [0.5, 0.6) is 0 Å². The molecule has 0 fully saturated rings. The number of halogens is 3. The van der Waals surface area contributed by atoms with E-state index in [9.17, 15) is 18.0 Å². The SMILES string of the molecule is CC/C(C=O)=C/C(CC)CSc1ccc(C(F)(F)F)cn1. The third kappa shape index (κ3) is 5.91. The molecule has 1 rings (SSSR count). The van der Waals surface area contributed by atoms with E-state index in [2.05, 4.69) is 4.98 Å². The van der Waals surface area contributed by atoms with Crippen LogP contribution in [0.4, 0.5) is 13.2 Å². The Morgan fingerprint density at radius 1 is 1.38 bits per heavy atom. The number of hydrogen-bond donors (Lipinski definition) is 0. The Kier molecular flexibility index (Phi) is 6.95. The summed E-state index contributed by atoms with van der Waals surface area (Å²) in [6, 6.07) is 2.42. The highest BCUT2D eigenvalue weighted by atomic mass is 32.2. The third-order valence-electron chi connectivity index (χ3n) is 3.04. The van der Waals surface area contributed by atoms with Crippen LogP contribution in [0.15, 0.2) is 35.0 Å². The summed E-state index contributed by atoms with van der Waals surface area (Å²) < 4.78 is 37.3. The van der Waals surface area contributed by atoms with Crippen LogP contribution in [0.1, 0.15) is 32.3 Å². The summed E-state index contributed by atoms with van der Waals surface area (Å²) in [5.74, 6) is 0.894. The number of carbonyl (C=O) groups excluding carboxylic acids is 1. The molecule has 0 aliphatic rings. The highest BCUT2D eigenvalue weighted by molar-refractivity contribution is 7.99. The predicted molar refractivity (Wildman–Crippen MR) is 78.2 cm³/mol. The van der Waals surface area contributed by atoms with Crippen LogP contribution in [-0.2, 0) is 11.0 Å². The van der Waals surface area contributed by atoms with Crippen molar-refractivity contribution in [2.45, 2.75) is 37.9 Å². The van der Waals surface area contributed by atoms with Gasteiger partial charge in [0.2, 0.25) is 0 Å². The Labute approximate surface area is 126 Å². The molecule has 0 saturated heterocycles. The van der Waals surface area contributed by atoms with E-state index < -0.39 is 11.7 Å². The zero-order chi connectivity index (χ0) is 15.9. The fourth-order valence-corrected chi connectivity index (χ4v) is 2.66. The highest BCUT2D eigenvalue weighted by Gasteiger charge is 2.30. The van der Waals surface area contributed by atoms with Gasteiger partial charge < -0.3 is 0 Å². The standard InChI is InChI=1S/C15H18F3NOS/c1-3-11(9-20)7-12(4-2)10-21-14-6-5-13(8-19-14)15(16,17)18/h5-9,12H,3-4,10H2,1-2H3/b11-7-. The van der Waals surface area contributed by atoms with Gasteiger partial charge >= 0.3 is 6.18 Å². The number of rotatable bonds is 7. The van der Waals surface area contributed by atoms with E-state index in [1.807, 2.05) is 19.9 Å². The van der Waals surface area contributed by atoms with Crippen LogP contribution >= 0.6 is 11.8 Å². The lowest BCUT2D eigenvalue weighted by Crippen LogP contribution is -2.05. The zero-order valence-electron chi connectivity index (χ0n) is 12.0. The molecule has 21 heavy (non-hydrogen) atoms. The number of thioether (sulfide) groups is 1. The summed E-state index contributed by atoms with van der Waals surface area (Å²) in [7, 11) is 0. The van der Waals surface area contributed by atoms with E-state index in [-0.39, 0.29) is 5.92 Å². The van der Waals surface area contributed by atoms with E-state index >= 15 is 0 Å². The molecule has 0 aromatic carbocycles. The van der Waals surface area contributed by atoms with Gasteiger partial charge in [0.25, 0.3) is 0 Å². The molecule has 2 nitrogen and oxygen atoms in total. The molecule has 1 unspecified atom stereocenters. The maximum Gasteiger partial charge on any atom is 0.417 e. The summed E-state index contributed by atoms with van der Waals surface area (Å²) in [6.45, 7) is 3.93. The predicted octanol–water partition coefficient (Wildman–Crippen LogP) is 4.75. The number of hydrogen-bond acceptors (Lipinski definition) is 3. The average molecular weight is 317 g/mol. The van der Waals surface area contributed by atoms with Crippen molar-refractivity contribution in [3.05, 3.63) is 35.5 Å². The molecule has 1 heterocycles. The van der Waals surface area contributed by atoms with Crippen molar-refractivity contribution in [1.29, 1.82) is 0 Å². The van der Waals surface area contributed by atoms with Crippen molar-refractivity contribution in [3.63, 3.8) is 0 Å². The van der Waals surface area contributed by atoms with Crippen LogP contribution in [-0.4, -0.2) is 17.0 Å². The second kappa shape index (κ2) is 8.22. The smallest absolute Gasteiger partial charge is 0.298 e. The van der Waals surface area contributed by atoms with Crippen molar-refractivity contribution in [1.82, 2.24) is 4.98 Å². The Morgan fingerprint density at radius 3 is 2.52 bits per heavy atom. The molecule has 0 bridgehead atoms. The second-order valence-electron chi connectivity index (χ2n) is 4.58. The third-order valence-corrected chi connectivity index (χ3v) is 4.17. The van der Waals surface area contributed by atoms with Gasteiger partial charge in [-0.05, 0) is 36.5 Å². The molecule has 0 saturated carbocycles. The molecule has 0 amide bonds. The maximum absolute atomic E-state index is 12.4. The van der Waals surface area contributed by atoms with Gasteiger partial charge in [-0.1, -0.05) is 19.9 Å². The molecule has 0 aliphatic carbocycles. The number of aldehydes is 1. The summed E-state index contributed by atoms with van der Waals surface area (Å²) >= 11 is 1.40. The number of pyridine rings is 1. The molecule has 0 N–H and O–H groups in total. The Hall–Kier alpha value is -1.30. The summed E-state index contributed by atoms with van der Waals surface area (Å²) in [5, 5.41) is 0.555. The first-order valence-corrected chi connectivity index (χ1v) is 7.71. The summed E-state index contributed by atoms with van der Waals surface area (Å²) in [4.78, 5) is 14.6. The maximum atomic E-state index is 12.4. The fourth-order valence-electron chi connectivity index (χ4n) is 1.65. The second-order valence-corrected chi connectivity index (χ2v) is 5.62. The first kappa shape index (κ1) is 17.8. The first-order valence-electron chi connectivity index (χ1n) is 6.72. The average Bonchev–Trinajstić information content (AvgIpc) is 2.47. The van der Waals surface area contributed by atoms with Gasteiger partial charge in [0.05, 0.1) is 10.6 Å². The Morgan fingerprint density at radius 2 is 2.10 bits per heavy atom. The van der Waals surface area contributed by atoms with Crippen LogP contribution in [0.25, 0.3) is 0 Å². The highest BCUT2D eigenvalue weighted by Crippen LogP contribution is 2.30. The van der Waals surface area contributed by atoms with Crippen molar-refractivity contribution < 1.29 is 18.0 Å². The number of alkyl halides is 3. The summed E-state index contributed by atoms with van der Waals surface area (Å²) in [5.41, 5.74) is 0.0100. The quantitative estimate of drug-likeness (QED) is 0.413. The lowest BCUT2D eigenvalue weighted by molar-refractivity contribution is -0.137. The first-order chi connectivity index (χ1) is 9.90. The topological polar surface area (TPSA) is 30.0 Å². The number of carbonyl (C=O) groups is 1. The van der Waals surface area contributed by atoms with E-state index in [0.29, 0.717) is 17.2 Å². The van der Waals surface area contributed by atoms with Crippen LogP contribution < -0.4 is 0 Å². The van der Waals surface area contributed by atoms with Crippen molar-refractivity contribution in [2.75, 3.05) is 5.75 Å². The van der Waals surface area contributed by atoms with Crippen molar-refractivity contribution in [2.24, 2.45) is 5.92 Å². The van der Waals surface area contributed by atoms with E-state index in [1.165, 1.54) is 17.8 Å². The van der Waals surface area contributed by atoms with E-state index in [0.717, 1.165) is 30.5 Å². The van der Waals surface area contributed by atoms with Gasteiger partial charge in [-0.3, -0.25) is 4.79 Å². The molecule has 0 aliphatic heterocycles. The van der Waals surface area contributed by atoms with Gasteiger partial charge in [0.15, 0.2) is 0 Å². The molecule has 6 heteroatoms. The van der Waals surface area contributed by atoms with E-state index in [4.69, 9.17) is 0 Å². The lowest BCUT2D eigenvalue weighted by Gasteiger charge is -2.11. The molecule has 1 aromatic rings. The molecular weight excluding hydrogens is 299 g/mol. The monoisotopic (exact) mass is 317 g/mol. The minimum atomic E-state index is -4.36. The molecule has 0 spiro atoms. The molecule has 0 radical (unpaired) electrons. The molecule has 1 aromatic heterocycles. The lowest BCUT2D eigenvalue weighted by atomic mass is 10.0. The Bertz CT molecular complexity index is 483. The van der Waals surface area contributed by atoms with Gasteiger partial charge in [-0.15, -0.1) is 11.8 Å². The Balaban J connectivity index is 2.65. The number of allylic oxidation sites excluding steroid dienone is 2.